The molecule has 1 unspecified atom stereocenters. The molecule has 0 amide bonds. The van der Waals surface area contributed by atoms with Crippen LogP contribution in [0.3, 0.4) is 0 Å². The lowest BCUT2D eigenvalue weighted by Gasteiger charge is -2.31. The zero-order chi connectivity index (χ0) is 17.1. The number of carbonyl (C=O) groups is 1. The van der Waals surface area contributed by atoms with Crippen molar-refractivity contribution in [3.63, 3.8) is 0 Å². The number of nitrogens with zero attached hydrogens (tertiary/aromatic N) is 1. The van der Waals surface area contributed by atoms with Crippen LogP contribution in [0.15, 0.2) is 0 Å². The van der Waals surface area contributed by atoms with Crippen LogP contribution in [0, 0.1) is 16.0 Å². The largest absolute Gasteiger partial charge is 0.466 e. The van der Waals surface area contributed by atoms with Gasteiger partial charge in [0.1, 0.15) is 5.92 Å². The van der Waals surface area contributed by atoms with E-state index in [0.717, 1.165) is 0 Å². The maximum Gasteiger partial charge on any atom is 0.459 e. The van der Waals surface area contributed by atoms with Crippen molar-refractivity contribution in [3.8, 4) is 0 Å². The molecule has 21 heavy (non-hydrogen) atoms. The summed E-state index contributed by atoms with van der Waals surface area (Å²) in [6, 6.07) is 0. The molecule has 0 rings (SSSR count). The molecule has 0 saturated heterocycles. The normalized spacial score (nSPS) is 14.7. The van der Waals surface area contributed by atoms with Gasteiger partial charge >= 0.3 is 24.0 Å². The van der Waals surface area contributed by atoms with Gasteiger partial charge in [-0.25, -0.2) is 0 Å². The first-order valence-corrected chi connectivity index (χ1v) is 5.37. The lowest BCUT2D eigenvalue weighted by molar-refractivity contribution is -0.500. The molecule has 0 aliphatic rings. The van der Waals surface area contributed by atoms with Crippen LogP contribution >= 0.6 is 0 Å². The number of halogens is 7. The van der Waals surface area contributed by atoms with E-state index in [2.05, 4.69) is 4.74 Å². The van der Waals surface area contributed by atoms with Crippen LogP contribution in [-0.2, 0) is 9.53 Å². The monoisotopic (exact) mass is 329 g/mol. The summed E-state index contributed by atoms with van der Waals surface area (Å²) in [6.45, 7) is -1.08. The highest BCUT2D eigenvalue weighted by Gasteiger charge is 2.75. The molecular formula is C9H10F7NO4. The Kier molecular flexibility index (Phi) is 5.94. The minimum absolute atomic E-state index is 0.356. The molecule has 0 aromatic carbocycles. The van der Waals surface area contributed by atoms with Crippen molar-refractivity contribution in [1.82, 2.24) is 0 Å². The molecule has 0 fully saturated rings. The molecular weight excluding hydrogens is 319 g/mol. The third-order valence-electron chi connectivity index (χ3n) is 2.38. The molecule has 0 radical (unpaired) electrons. The fourth-order valence-electron chi connectivity index (χ4n) is 1.35. The molecule has 0 bridgehead atoms. The van der Waals surface area contributed by atoms with Crippen LogP contribution in [0.1, 0.15) is 13.3 Å². The lowest BCUT2D eigenvalue weighted by atomic mass is 9.92. The number of hydrogen-bond donors (Lipinski definition) is 0. The van der Waals surface area contributed by atoms with Gasteiger partial charge in [-0.3, -0.25) is 14.9 Å². The van der Waals surface area contributed by atoms with Gasteiger partial charge in [-0.15, -0.1) is 0 Å². The molecule has 0 heterocycles. The average Bonchev–Trinajstić information content (AvgIpc) is 2.25. The maximum atomic E-state index is 13.3. The summed E-state index contributed by atoms with van der Waals surface area (Å²) in [6.07, 6.45) is -8.27. The van der Waals surface area contributed by atoms with Gasteiger partial charge in [0.05, 0.1) is 13.0 Å². The molecule has 0 aromatic rings. The van der Waals surface area contributed by atoms with Gasteiger partial charge in [-0.1, -0.05) is 0 Å². The topological polar surface area (TPSA) is 69.4 Å². The van der Waals surface area contributed by atoms with Crippen molar-refractivity contribution in [3.05, 3.63) is 10.1 Å². The highest BCUT2D eigenvalue weighted by molar-refractivity contribution is 5.69. The van der Waals surface area contributed by atoms with Gasteiger partial charge < -0.3 is 4.74 Å². The first-order chi connectivity index (χ1) is 9.27. The first kappa shape index (κ1) is 19.4. The Morgan fingerprint density at radius 1 is 1.19 bits per heavy atom. The second kappa shape index (κ2) is 6.43. The molecule has 0 aliphatic carbocycles. The van der Waals surface area contributed by atoms with E-state index in [0.29, 0.717) is 0 Å². The summed E-state index contributed by atoms with van der Waals surface area (Å²) >= 11 is 0. The Labute approximate surface area is 113 Å². The van der Waals surface area contributed by atoms with E-state index < -0.39 is 47.8 Å². The van der Waals surface area contributed by atoms with E-state index in [4.69, 9.17) is 0 Å². The quantitative estimate of drug-likeness (QED) is 0.312. The Morgan fingerprint density at radius 2 is 1.67 bits per heavy atom. The SMILES string of the molecule is CCOC(=O)CC(C[N+](=O)[O-])C(F)(F)C(F)(F)C(F)(F)F. The Balaban J connectivity index is 5.48. The number of nitro groups is 1. The first-order valence-electron chi connectivity index (χ1n) is 5.37. The zero-order valence-electron chi connectivity index (χ0n) is 10.4. The molecule has 5 nitrogen and oxygen atoms in total. The van der Waals surface area contributed by atoms with E-state index in [9.17, 15) is 45.6 Å². The number of carbonyl (C=O) groups excluding carboxylic acids is 1. The van der Waals surface area contributed by atoms with Crippen molar-refractivity contribution in [2.45, 2.75) is 31.4 Å². The minimum atomic E-state index is -6.62. The zero-order valence-corrected chi connectivity index (χ0v) is 10.4. The second-order valence-electron chi connectivity index (χ2n) is 3.92. The van der Waals surface area contributed by atoms with Crippen LogP contribution in [-0.4, -0.2) is 42.1 Å². The number of alkyl halides is 7. The van der Waals surface area contributed by atoms with Gasteiger partial charge in [-0.05, 0) is 6.92 Å². The standard InChI is InChI=1S/C9H10F7NO4/c1-2-21-6(18)3-5(4-17(19)20)7(10,11)8(12,13)9(14,15)16/h5H,2-4H2,1H3. The predicted octanol–water partition coefficient (Wildman–Crippen LogP) is 2.67. The summed E-state index contributed by atoms with van der Waals surface area (Å²) < 4.78 is 92.4. The van der Waals surface area contributed by atoms with Gasteiger partial charge in [0.2, 0.25) is 6.54 Å². The molecule has 0 aromatic heterocycles. The third kappa shape index (κ3) is 4.43. The van der Waals surface area contributed by atoms with Crippen LogP contribution in [0.25, 0.3) is 0 Å². The molecule has 124 valence electrons. The van der Waals surface area contributed by atoms with Crippen molar-refractivity contribution < 1.29 is 45.2 Å². The Morgan fingerprint density at radius 3 is 2.00 bits per heavy atom. The Hall–Kier alpha value is -1.62. The maximum absolute atomic E-state index is 13.3. The van der Waals surface area contributed by atoms with E-state index in [1.54, 1.807) is 0 Å². The summed E-state index contributed by atoms with van der Waals surface area (Å²) in [5.41, 5.74) is 0. The second-order valence-corrected chi connectivity index (χ2v) is 3.92. The fraction of sp³-hybridized carbons (Fsp3) is 0.889. The van der Waals surface area contributed by atoms with Gasteiger partial charge in [0.25, 0.3) is 0 Å². The van der Waals surface area contributed by atoms with E-state index >= 15 is 0 Å². The highest BCUT2D eigenvalue weighted by Crippen LogP contribution is 2.50. The predicted molar refractivity (Wildman–Crippen MR) is 52.6 cm³/mol. The fourth-order valence-corrected chi connectivity index (χ4v) is 1.35. The lowest BCUT2D eigenvalue weighted by Crippen LogP contribution is -2.57. The number of hydrogen-bond acceptors (Lipinski definition) is 4. The van der Waals surface area contributed by atoms with Gasteiger partial charge in [0, 0.05) is 4.92 Å². The average molecular weight is 329 g/mol. The van der Waals surface area contributed by atoms with E-state index in [1.165, 1.54) is 6.92 Å². The molecule has 0 saturated carbocycles. The van der Waals surface area contributed by atoms with Crippen molar-refractivity contribution in [2.75, 3.05) is 13.2 Å². The Bertz CT molecular complexity index is 396. The number of rotatable bonds is 7. The minimum Gasteiger partial charge on any atom is -0.466 e. The third-order valence-corrected chi connectivity index (χ3v) is 2.38. The molecule has 1 atom stereocenters. The van der Waals surface area contributed by atoms with Crippen molar-refractivity contribution >= 4 is 5.97 Å². The van der Waals surface area contributed by atoms with E-state index in [1.807, 2.05) is 0 Å². The molecule has 0 aliphatic heterocycles. The molecule has 0 N–H and O–H groups in total. The molecule has 0 spiro atoms. The number of esters is 1. The van der Waals surface area contributed by atoms with Crippen molar-refractivity contribution in [1.29, 1.82) is 0 Å². The summed E-state index contributed by atoms with van der Waals surface area (Å²) in [4.78, 5) is 19.6. The van der Waals surface area contributed by atoms with Crippen LogP contribution in [0.4, 0.5) is 30.7 Å². The highest BCUT2D eigenvalue weighted by atomic mass is 19.4. The van der Waals surface area contributed by atoms with Crippen LogP contribution in [0.2, 0.25) is 0 Å². The summed E-state index contributed by atoms with van der Waals surface area (Å²) in [7, 11) is 0. The van der Waals surface area contributed by atoms with Crippen molar-refractivity contribution in [2.24, 2.45) is 5.92 Å². The molecule has 12 heteroatoms. The van der Waals surface area contributed by atoms with Crippen LogP contribution in [0.5, 0.6) is 0 Å². The number of ether oxygens (including phenoxy) is 1. The smallest absolute Gasteiger partial charge is 0.459 e. The summed E-state index contributed by atoms with van der Waals surface area (Å²) in [5, 5.41) is 10.2. The van der Waals surface area contributed by atoms with Gasteiger partial charge in [-0.2, -0.15) is 30.7 Å². The van der Waals surface area contributed by atoms with Gasteiger partial charge in [0.15, 0.2) is 0 Å². The van der Waals surface area contributed by atoms with E-state index in [-0.39, 0.29) is 6.61 Å². The summed E-state index contributed by atoms with van der Waals surface area (Å²) in [5.74, 6) is -17.1. The van der Waals surface area contributed by atoms with Crippen LogP contribution < -0.4 is 0 Å².